The van der Waals surface area contributed by atoms with Gasteiger partial charge >= 0.3 is 0 Å². The fourth-order valence-corrected chi connectivity index (χ4v) is 18.4. The van der Waals surface area contributed by atoms with Gasteiger partial charge in [-0.15, -0.1) is 0 Å². The van der Waals surface area contributed by atoms with Crippen molar-refractivity contribution in [2.24, 2.45) is 35.2 Å². The summed E-state index contributed by atoms with van der Waals surface area (Å²) in [6, 6.07) is 36.1. The Labute approximate surface area is 846 Å². The Kier molecular flexibility index (Phi) is 16.8. The Balaban J connectivity index is 0.000000146. The molecule has 0 fully saturated rings. The van der Waals surface area contributed by atoms with Gasteiger partial charge in [-0.05, 0) is 221 Å². The molecule has 137 heavy (non-hydrogen) atoms. The zero-order chi connectivity index (χ0) is 124. The average molecular weight is 1840 g/mol. The molecule has 682 valence electrons. The van der Waals surface area contributed by atoms with Crippen LogP contribution in [0.3, 0.4) is 0 Å². The highest BCUT2D eigenvalue weighted by Gasteiger charge is 2.33. The van der Waals surface area contributed by atoms with Crippen molar-refractivity contribution in [2.75, 3.05) is 0 Å². The number of benzene rings is 10. The Morgan fingerprint density at radius 2 is 0.599 bits per heavy atom. The molecule has 0 saturated carbocycles. The molecular weight excluding hydrogens is 1690 g/mol. The van der Waals surface area contributed by atoms with E-state index in [0.717, 1.165) is 78.4 Å². The van der Waals surface area contributed by atoms with E-state index in [0.29, 0.717) is 179 Å². The number of aromatic nitrogens is 5. The molecular formula is C122H119N10O5+5. The fourth-order valence-electron chi connectivity index (χ4n) is 18.4. The van der Waals surface area contributed by atoms with Crippen LogP contribution in [0.5, 0.6) is 0 Å². The van der Waals surface area contributed by atoms with Crippen LogP contribution in [-0.2, 0) is 35.2 Å². The maximum absolute atomic E-state index is 9.17. The van der Waals surface area contributed by atoms with Gasteiger partial charge in [-0.2, -0.15) is 22.8 Å². The van der Waals surface area contributed by atoms with Crippen LogP contribution in [0.2, 0.25) is 0 Å². The third kappa shape index (κ3) is 15.7. The Morgan fingerprint density at radius 3 is 1.00 bits per heavy atom. The lowest BCUT2D eigenvalue weighted by atomic mass is 9.93. The summed E-state index contributed by atoms with van der Waals surface area (Å²) in [5.74, 6) is -2.37. The number of para-hydroxylation sites is 1. The minimum absolute atomic E-state index is 0.0242. The van der Waals surface area contributed by atoms with Crippen molar-refractivity contribution in [3.63, 3.8) is 0 Å². The smallest absolute Gasteiger partial charge is 0.232 e. The van der Waals surface area contributed by atoms with Gasteiger partial charge < -0.3 is 22.1 Å². The zero-order valence-corrected chi connectivity index (χ0v) is 80.6. The van der Waals surface area contributed by atoms with E-state index in [1.165, 1.54) is 12.1 Å². The number of nitrogens with zero attached hydrogens (tertiary/aromatic N) is 10. The highest BCUT2D eigenvalue weighted by Crippen LogP contribution is 2.49. The minimum Gasteiger partial charge on any atom is -0.466 e. The van der Waals surface area contributed by atoms with Crippen LogP contribution in [0.4, 0.5) is 28.4 Å². The molecule has 20 aromatic rings. The number of fused-ring (bicyclic) bond motifs is 15. The van der Waals surface area contributed by atoms with Crippen LogP contribution in [0, 0.1) is 199 Å². The summed E-state index contributed by atoms with van der Waals surface area (Å²) in [7, 11) is 8.58. The number of pyridine rings is 5. The molecule has 0 saturated heterocycles. The second-order valence-corrected chi connectivity index (χ2v) is 35.3. The van der Waals surface area contributed by atoms with Gasteiger partial charge in [0.05, 0.1) is 67.5 Å². The van der Waals surface area contributed by atoms with Gasteiger partial charge in [0.1, 0.15) is 91.1 Å². The summed E-state index contributed by atoms with van der Waals surface area (Å²) in [5, 5.41) is 6.67. The van der Waals surface area contributed by atoms with Crippen molar-refractivity contribution in [1.29, 1.82) is 0 Å². The van der Waals surface area contributed by atoms with Crippen molar-refractivity contribution in [2.45, 2.75) is 185 Å². The van der Waals surface area contributed by atoms with Crippen LogP contribution >= 0.6 is 0 Å². The molecule has 0 amide bonds. The van der Waals surface area contributed by atoms with Gasteiger partial charge in [-0.3, -0.25) is 0 Å². The number of aryl methyl sites for hydroxylation is 10. The summed E-state index contributed by atoms with van der Waals surface area (Å²) in [6.45, 7) is 49.1. The Morgan fingerprint density at radius 1 is 0.277 bits per heavy atom. The summed E-state index contributed by atoms with van der Waals surface area (Å²) in [6.07, 6.45) is 0. The van der Waals surface area contributed by atoms with Crippen molar-refractivity contribution in [3.8, 4) is 56.3 Å². The SMILES string of the molecule is [2H]c1c(C([2H])(C)C([2H])([2H])[2H])c(C([2H])([2H])[2H])c(C)[n+](C)c1-c1c(C)ccc2c1oc1c([N+]#[C-])c(C)ccc12.[2H]c1c(C)c(C([2H])([2H])[2H])c(C)[n+](C)c1-c1c(C)cc(C([2H])([2H])[2H])c2c1oc1c([N+]#[C-])cccc12.[2H]c1c(C)c(C([2H])([2H])[2H])c(C)[n+](C)c1-c1c(C)ccc2c1oc1c([N+]#[C-])c(C)ccc12.[2H]c1c(C)c(C([2H])([2H])[2H])c(C)[n+](C)c1-c1c(C)ccc2c1oc1c([N+]#[C-])cc(C)cc12.[2H]c1c(C)c(C([2H])([2H])[2H])c(C)[n+](C)c1-c1c(C)ccc2c1oc1c([N+]#[C-])ccc(C([2H])([2H])[2H])c12. The molecule has 0 radical (unpaired) electrons. The van der Waals surface area contributed by atoms with Crippen LogP contribution < -0.4 is 22.8 Å². The number of furan rings is 5. The molecule has 10 aromatic carbocycles. The standard InChI is InChI=1S/C26H27N2O.4C24H23N2O/c1-14(2)21-13-22(28(8)18(6)17(21)5)23-15(3)9-11-19-20-12-10-16(4)24(27-7)26(20)29-25(19)23;1-13-9-11-19(25-6)24-21(13)18-10-8-14(2)22(23(18)27-24)20-12-15(3)16(4)17(5)26(20)7;1-13-8-10-18-19-11-9-14(2)22(25-6)24(19)27-23(18)21(13)20-12-15(3)16(4)17(5)26(20)7;1-13-10-19-18-9-8-14(2)22(24(18)27-23(19)20(11-13)25-6)21-12-15(3)16(4)17(5)26(21)7;1-13-12-20(26(7)17(5)16(13)4)22-15(3)11-14(2)21-18-9-8-10-19(25-6)23(18)27-24(21)22/h9-14H,1-6,8H3;4*8-12H,1-5,7H3/q5*+1/i1D3,5D3,13D,14D;1D3,4D3,12D;2*4D3,12D;2D3,4D3,12D. The maximum atomic E-state index is 9.17. The number of rotatable bonds is 6. The van der Waals surface area contributed by atoms with Gasteiger partial charge in [0.15, 0.2) is 28.5 Å². The van der Waals surface area contributed by atoms with E-state index in [9.17, 15) is 0 Å². The van der Waals surface area contributed by atoms with Gasteiger partial charge in [0.2, 0.25) is 56.9 Å². The normalized spacial score (nSPS) is 15.7. The number of hydrogen-bond acceptors (Lipinski definition) is 5. The molecule has 0 aliphatic rings. The Bertz CT molecular complexity index is 10100. The molecule has 0 aliphatic carbocycles. The maximum Gasteiger partial charge on any atom is 0.232 e. The molecule has 0 N–H and O–H groups in total. The average Bonchev–Trinajstić information content (AvgIpc) is 1.68. The molecule has 0 spiro atoms. The minimum atomic E-state index is -2.89. The number of hydrogen-bond donors (Lipinski definition) is 0. The van der Waals surface area contributed by atoms with Crippen molar-refractivity contribution in [3.05, 3.63) is 348 Å². The monoisotopic (exact) mass is 1830 g/mol. The third-order valence-corrected chi connectivity index (χ3v) is 26.7. The van der Waals surface area contributed by atoms with E-state index >= 15 is 0 Å². The first-order valence-corrected chi connectivity index (χ1v) is 44.1. The quantitative estimate of drug-likeness (QED) is 0.122. The van der Waals surface area contributed by atoms with Gasteiger partial charge in [0.25, 0.3) is 0 Å². The molecule has 10 aromatic heterocycles. The lowest BCUT2D eigenvalue weighted by Crippen LogP contribution is -2.36. The van der Waals surface area contributed by atoms with Crippen molar-refractivity contribution >= 4 is 138 Å². The second kappa shape index (κ2) is 36.3. The van der Waals surface area contributed by atoms with Crippen LogP contribution in [0.1, 0.15) is 201 Å². The van der Waals surface area contributed by atoms with E-state index < -0.39 is 60.7 Å². The van der Waals surface area contributed by atoms with Crippen LogP contribution in [0.15, 0.2) is 174 Å². The van der Waals surface area contributed by atoms with E-state index in [-0.39, 0.29) is 114 Å². The van der Waals surface area contributed by atoms with E-state index in [1.54, 1.807) is 164 Å². The molecule has 0 aliphatic heterocycles. The zero-order valence-electron chi connectivity index (χ0n) is 111. The van der Waals surface area contributed by atoms with E-state index in [2.05, 4.69) is 24.2 Å². The topological polar surface area (TPSA) is 107 Å². The summed E-state index contributed by atoms with van der Waals surface area (Å²) in [4.78, 5) is 18.0. The molecule has 0 bridgehead atoms. The molecule has 1 atom stereocenters. The summed E-state index contributed by atoms with van der Waals surface area (Å²) >= 11 is 0. The van der Waals surface area contributed by atoms with E-state index in [1.807, 2.05) is 121 Å². The van der Waals surface area contributed by atoms with Gasteiger partial charge in [-0.25, -0.2) is 24.2 Å². The fraction of sp³-hybridized carbons (Fsp3) is 0.262. The van der Waals surface area contributed by atoms with Crippen LogP contribution in [-0.4, -0.2) is 0 Å². The highest BCUT2D eigenvalue weighted by molar-refractivity contribution is 6.18. The molecule has 1 unspecified atom stereocenters. The van der Waals surface area contributed by atoms with Gasteiger partial charge in [-0.1, -0.05) is 135 Å². The lowest BCUT2D eigenvalue weighted by Gasteiger charge is -2.14. The first-order valence-electron chi connectivity index (χ1n) is 59.1. The molecule has 15 nitrogen and oxygen atoms in total. The third-order valence-electron chi connectivity index (χ3n) is 26.7. The van der Waals surface area contributed by atoms with Crippen molar-refractivity contribution in [1.82, 2.24) is 0 Å². The van der Waals surface area contributed by atoms with Crippen LogP contribution in [0.25, 0.3) is 190 Å². The lowest BCUT2D eigenvalue weighted by molar-refractivity contribution is -0.667. The largest absolute Gasteiger partial charge is 0.466 e. The molecule has 10 heterocycles. The molecule has 15 heteroatoms. The first-order chi connectivity index (χ1) is 77.3. The van der Waals surface area contributed by atoms with Crippen molar-refractivity contribution < 1.29 is 86.0 Å². The highest BCUT2D eigenvalue weighted by atomic mass is 16.3. The summed E-state index contributed by atoms with van der Waals surface area (Å²) in [5.41, 5.74) is 22.0. The van der Waals surface area contributed by atoms with E-state index in [4.69, 9.17) is 96.1 Å². The molecule has 20 rings (SSSR count). The second-order valence-electron chi connectivity index (χ2n) is 35.3. The first kappa shape index (κ1) is 63.6. The Hall–Kier alpha value is -15.6. The van der Waals surface area contributed by atoms with Gasteiger partial charge in [0, 0.05) is 181 Å². The predicted octanol–water partition coefficient (Wildman–Crippen LogP) is 31.7. The summed E-state index contributed by atoms with van der Waals surface area (Å²) < 4.78 is 285. The predicted molar refractivity (Wildman–Crippen MR) is 561 cm³/mol.